The Kier molecular flexibility index (Phi) is 4.30. The van der Waals surface area contributed by atoms with Crippen LogP contribution in [0.25, 0.3) is 0 Å². The predicted molar refractivity (Wildman–Crippen MR) is 73.1 cm³/mol. The van der Waals surface area contributed by atoms with E-state index in [-0.39, 0.29) is 5.91 Å². The van der Waals surface area contributed by atoms with Gasteiger partial charge in [-0.05, 0) is 24.3 Å². The van der Waals surface area contributed by atoms with Crippen molar-refractivity contribution in [2.75, 3.05) is 7.11 Å². The lowest BCUT2D eigenvalue weighted by Gasteiger charge is -2.08. The molecule has 0 unspecified atom stereocenters. The van der Waals surface area contributed by atoms with Crippen LogP contribution in [0.4, 0.5) is 0 Å². The first-order valence-corrected chi connectivity index (χ1v) is 6.01. The minimum Gasteiger partial charge on any atom is -0.481 e. The van der Waals surface area contributed by atoms with Crippen LogP contribution in [0.5, 0.6) is 5.88 Å². The molecule has 0 atom stereocenters. The fraction of sp³-hybridized carbons (Fsp3) is 0.133. The first-order valence-electron chi connectivity index (χ1n) is 6.01. The summed E-state index contributed by atoms with van der Waals surface area (Å²) in [5.41, 5.74) is 1.70. The highest BCUT2D eigenvalue weighted by atomic mass is 16.5. The summed E-state index contributed by atoms with van der Waals surface area (Å²) in [5.74, 6) is 0.242. The molecule has 0 radical (unpaired) electrons. The SMILES string of the molecule is COc1ncccc1CNC(=O)c1cccc(C#N)c1. The van der Waals surface area contributed by atoms with Crippen LogP contribution < -0.4 is 10.1 Å². The first kappa shape index (κ1) is 13.6. The molecule has 1 amide bonds. The smallest absolute Gasteiger partial charge is 0.251 e. The highest BCUT2D eigenvalue weighted by Gasteiger charge is 2.08. The van der Waals surface area contributed by atoms with E-state index in [9.17, 15) is 4.79 Å². The van der Waals surface area contributed by atoms with Gasteiger partial charge in [0.25, 0.3) is 5.91 Å². The van der Waals surface area contributed by atoms with E-state index in [1.165, 1.54) is 7.11 Å². The molecule has 0 spiro atoms. The molecule has 1 aromatic carbocycles. The number of hydrogen-bond acceptors (Lipinski definition) is 4. The molecule has 5 nitrogen and oxygen atoms in total. The highest BCUT2D eigenvalue weighted by Crippen LogP contribution is 2.13. The molecule has 1 aromatic heterocycles. The lowest BCUT2D eigenvalue weighted by atomic mass is 10.1. The van der Waals surface area contributed by atoms with E-state index in [0.29, 0.717) is 23.6 Å². The minimum absolute atomic E-state index is 0.243. The molecular weight excluding hydrogens is 254 g/mol. The van der Waals surface area contributed by atoms with E-state index in [1.54, 1.807) is 36.5 Å². The van der Waals surface area contributed by atoms with Crippen LogP contribution in [-0.2, 0) is 6.54 Å². The number of nitriles is 1. The van der Waals surface area contributed by atoms with Crippen molar-refractivity contribution in [3.8, 4) is 11.9 Å². The molecule has 0 aliphatic heterocycles. The van der Waals surface area contributed by atoms with Gasteiger partial charge < -0.3 is 10.1 Å². The number of pyridine rings is 1. The van der Waals surface area contributed by atoms with Crippen LogP contribution in [0.15, 0.2) is 42.6 Å². The van der Waals surface area contributed by atoms with Crippen LogP contribution in [-0.4, -0.2) is 18.0 Å². The maximum Gasteiger partial charge on any atom is 0.251 e. The van der Waals surface area contributed by atoms with Gasteiger partial charge >= 0.3 is 0 Å². The summed E-state index contributed by atoms with van der Waals surface area (Å²) in [6.07, 6.45) is 1.63. The summed E-state index contributed by atoms with van der Waals surface area (Å²) in [4.78, 5) is 16.1. The second kappa shape index (κ2) is 6.34. The molecule has 20 heavy (non-hydrogen) atoms. The van der Waals surface area contributed by atoms with Gasteiger partial charge in [-0.2, -0.15) is 5.26 Å². The molecule has 0 aliphatic carbocycles. The summed E-state index contributed by atoms with van der Waals surface area (Å²) in [7, 11) is 1.53. The van der Waals surface area contributed by atoms with Gasteiger partial charge in [0.2, 0.25) is 5.88 Å². The first-order chi connectivity index (χ1) is 9.74. The van der Waals surface area contributed by atoms with E-state index in [0.717, 1.165) is 5.56 Å². The molecule has 0 fully saturated rings. The monoisotopic (exact) mass is 267 g/mol. The lowest BCUT2D eigenvalue weighted by Crippen LogP contribution is -2.23. The molecule has 0 saturated carbocycles. The van der Waals surface area contributed by atoms with E-state index >= 15 is 0 Å². The van der Waals surface area contributed by atoms with Crippen molar-refractivity contribution in [3.63, 3.8) is 0 Å². The number of aromatic nitrogens is 1. The molecule has 0 aliphatic rings. The molecule has 1 heterocycles. The largest absolute Gasteiger partial charge is 0.481 e. The van der Waals surface area contributed by atoms with E-state index in [2.05, 4.69) is 10.3 Å². The normalized spacial score (nSPS) is 9.60. The maximum atomic E-state index is 12.0. The number of ether oxygens (including phenoxy) is 1. The zero-order valence-electron chi connectivity index (χ0n) is 11.0. The summed E-state index contributed by atoms with van der Waals surface area (Å²) in [6.45, 7) is 0.312. The number of carbonyl (C=O) groups excluding carboxylic acids is 1. The highest BCUT2D eigenvalue weighted by molar-refractivity contribution is 5.94. The van der Waals surface area contributed by atoms with Gasteiger partial charge in [0.15, 0.2) is 0 Å². The molecule has 0 saturated heterocycles. The van der Waals surface area contributed by atoms with Gasteiger partial charge in [0.1, 0.15) is 0 Å². The number of hydrogen-bond donors (Lipinski definition) is 1. The van der Waals surface area contributed by atoms with Crippen molar-refractivity contribution in [2.24, 2.45) is 0 Å². The fourth-order valence-corrected chi connectivity index (χ4v) is 1.75. The van der Waals surface area contributed by atoms with Crippen molar-refractivity contribution < 1.29 is 9.53 Å². The Labute approximate surface area is 116 Å². The third-order valence-electron chi connectivity index (χ3n) is 2.74. The Balaban J connectivity index is 2.07. The van der Waals surface area contributed by atoms with E-state index < -0.39 is 0 Å². The zero-order valence-corrected chi connectivity index (χ0v) is 11.0. The molecule has 2 rings (SSSR count). The fourth-order valence-electron chi connectivity index (χ4n) is 1.75. The van der Waals surface area contributed by atoms with Crippen LogP contribution >= 0.6 is 0 Å². The summed E-state index contributed by atoms with van der Waals surface area (Å²) in [5, 5.41) is 11.6. The number of amides is 1. The van der Waals surface area contributed by atoms with Crippen molar-refractivity contribution in [3.05, 3.63) is 59.3 Å². The Morgan fingerprint density at radius 2 is 2.25 bits per heavy atom. The van der Waals surface area contributed by atoms with Crippen molar-refractivity contribution in [2.45, 2.75) is 6.54 Å². The Morgan fingerprint density at radius 3 is 3.00 bits per heavy atom. The van der Waals surface area contributed by atoms with Crippen LogP contribution in [0.1, 0.15) is 21.5 Å². The molecule has 100 valence electrons. The number of benzene rings is 1. The average Bonchev–Trinajstić information content (AvgIpc) is 2.52. The summed E-state index contributed by atoms with van der Waals surface area (Å²) < 4.78 is 5.11. The van der Waals surface area contributed by atoms with E-state index in [4.69, 9.17) is 10.00 Å². The molecule has 5 heteroatoms. The van der Waals surface area contributed by atoms with Gasteiger partial charge in [-0.1, -0.05) is 12.1 Å². The van der Waals surface area contributed by atoms with Gasteiger partial charge in [0.05, 0.1) is 18.7 Å². The Bertz CT molecular complexity index is 662. The zero-order chi connectivity index (χ0) is 14.4. The third kappa shape index (κ3) is 3.12. The Hall–Kier alpha value is -2.87. The van der Waals surface area contributed by atoms with Crippen molar-refractivity contribution in [1.29, 1.82) is 5.26 Å². The number of nitrogens with one attached hydrogen (secondary N) is 1. The van der Waals surface area contributed by atoms with Crippen molar-refractivity contribution >= 4 is 5.91 Å². The van der Waals surface area contributed by atoms with Gasteiger partial charge in [0, 0.05) is 23.9 Å². The average molecular weight is 267 g/mol. The standard InChI is InChI=1S/C15H13N3O2/c1-20-15-13(6-3-7-17-15)10-18-14(19)12-5-2-4-11(8-12)9-16/h2-8H,10H2,1H3,(H,18,19). The van der Waals surface area contributed by atoms with Gasteiger partial charge in [-0.15, -0.1) is 0 Å². The minimum atomic E-state index is -0.243. The maximum absolute atomic E-state index is 12.0. The number of rotatable bonds is 4. The topological polar surface area (TPSA) is 75.0 Å². The second-order valence-electron chi connectivity index (χ2n) is 4.05. The predicted octanol–water partition coefficient (Wildman–Crippen LogP) is 1.89. The van der Waals surface area contributed by atoms with Crippen LogP contribution in [0.2, 0.25) is 0 Å². The second-order valence-corrected chi connectivity index (χ2v) is 4.05. The van der Waals surface area contributed by atoms with Crippen molar-refractivity contribution in [1.82, 2.24) is 10.3 Å². The van der Waals surface area contributed by atoms with Gasteiger partial charge in [-0.3, -0.25) is 4.79 Å². The third-order valence-corrected chi connectivity index (χ3v) is 2.74. The molecular formula is C15H13N3O2. The molecule has 0 bridgehead atoms. The van der Waals surface area contributed by atoms with Gasteiger partial charge in [-0.25, -0.2) is 4.98 Å². The van der Waals surface area contributed by atoms with E-state index in [1.807, 2.05) is 12.1 Å². The number of carbonyl (C=O) groups is 1. The quantitative estimate of drug-likeness (QED) is 0.917. The number of methoxy groups -OCH3 is 1. The van der Waals surface area contributed by atoms with Crippen LogP contribution in [0.3, 0.4) is 0 Å². The molecule has 2 aromatic rings. The Morgan fingerprint density at radius 1 is 1.40 bits per heavy atom. The number of nitrogens with zero attached hydrogens (tertiary/aromatic N) is 2. The summed E-state index contributed by atoms with van der Waals surface area (Å²) in [6, 6.07) is 12.2. The lowest BCUT2D eigenvalue weighted by molar-refractivity contribution is 0.0950. The summed E-state index contributed by atoms with van der Waals surface area (Å²) >= 11 is 0. The van der Waals surface area contributed by atoms with Crippen LogP contribution in [0, 0.1) is 11.3 Å². The molecule has 1 N–H and O–H groups in total.